The molecule has 0 bridgehead atoms. The van der Waals surface area contributed by atoms with E-state index in [0.29, 0.717) is 16.8 Å². The van der Waals surface area contributed by atoms with Gasteiger partial charge in [0, 0.05) is 11.3 Å². The van der Waals surface area contributed by atoms with Gasteiger partial charge in [-0.25, -0.2) is 4.79 Å². The summed E-state index contributed by atoms with van der Waals surface area (Å²) in [5.74, 6) is -1.87. The van der Waals surface area contributed by atoms with Crippen LogP contribution in [0.5, 0.6) is 5.75 Å². The second kappa shape index (κ2) is 5.89. The van der Waals surface area contributed by atoms with Crippen LogP contribution in [-0.2, 0) is 0 Å². The molecule has 0 fully saturated rings. The van der Waals surface area contributed by atoms with Crippen molar-refractivity contribution in [3.8, 4) is 5.75 Å². The molecule has 0 atom stereocenters. The first kappa shape index (κ1) is 15.6. The number of hydrogen-bond acceptors (Lipinski definition) is 3. The van der Waals surface area contributed by atoms with Gasteiger partial charge in [-0.05, 0) is 50.6 Å². The summed E-state index contributed by atoms with van der Waals surface area (Å²) in [5, 5.41) is 21.5. The fraction of sp³-hybridized carbons (Fsp3) is 0.176. The Labute approximate surface area is 128 Å². The van der Waals surface area contributed by atoms with Crippen LogP contribution >= 0.6 is 0 Å². The maximum absolute atomic E-state index is 12.3. The summed E-state index contributed by atoms with van der Waals surface area (Å²) in [6.07, 6.45) is 0. The molecule has 0 aliphatic rings. The van der Waals surface area contributed by atoms with Gasteiger partial charge in [-0.3, -0.25) is 4.79 Å². The first-order chi connectivity index (χ1) is 10.3. The molecule has 2 aromatic carbocycles. The molecule has 0 saturated carbocycles. The Hall–Kier alpha value is -2.82. The number of aromatic hydroxyl groups is 1. The van der Waals surface area contributed by atoms with Crippen LogP contribution in [0.25, 0.3) is 0 Å². The lowest BCUT2D eigenvalue weighted by Gasteiger charge is -2.10. The lowest BCUT2D eigenvalue weighted by Crippen LogP contribution is -2.13. The quantitative estimate of drug-likeness (QED) is 0.759. The van der Waals surface area contributed by atoms with Crippen molar-refractivity contribution >= 4 is 17.6 Å². The smallest absolute Gasteiger partial charge is 0.339 e. The van der Waals surface area contributed by atoms with Crippen molar-refractivity contribution in [1.82, 2.24) is 0 Å². The van der Waals surface area contributed by atoms with E-state index in [9.17, 15) is 14.7 Å². The molecule has 0 unspecified atom stereocenters. The number of aryl methyl sites for hydroxylation is 3. The standard InChI is InChI=1S/C17H17NO4/c1-9-4-10(2)6-12(5-9)16(20)18-13-7-11(3)15(19)14(8-13)17(21)22/h4-8,19H,1-3H3,(H,18,20)(H,21,22). The van der Waals surface area contributed by atoms with Gasteiger partial charge < -0.3 is 15.5 Å². The number of carbonyl (C=O) groups is 2. The van der Waals surface area contributed by atoms with Gasteiger partial charge in [0.1, 0.15) is 11.3 Å². The fourth-order valence-electron chi connectivity index (χ4n) is 2.32. The molecule has 5 nitrogen and oxygen atoms in total. The molecule has 0 heterocycles. The highest BCUT2D eigenvalue weighted by Crippen LogP contribution is 2.27. The van der Waals surface area contributed by atoms with E-state index in [1.165, 1.54) is 12.1 Å². The Balaban J connectivity index is 2.34. The van der Waals surface area contributed by atoms with Gasteiger partial charge in [0.15, 0.2) is 0 Å². The summed E-state index contributed by atoms with van der Waals surface area (Å²) in [7, 11) is 0. The van der Waals surface area contributed by atoms with E-state index in [1.54, 1.807) is 19.1 Å². The van der Waals surface area contributed by atoms with Crippen molar-refractivity contribution in [1.29, 1.82) is 0 Å². The number of hydrogen-bond donors (Lipinski definition) is 3. The molecule has 3 N–H and O–H groups in total. The molecule has 0 aromatic heterocycles. The van der Waals surface area contributed by atoms with Crippen molar-refractivity contribution in [3.63, 3.8) is 0 Å². The molecule has 2 aromatic rings. The Bertz CT molecular complexity index is 745. The molecule has 22 heavy (non-hydrogen) atoms. The third-order valence-corrected chi connectivity index (χ3v) is 3.27. The van der Waals surface area contributed by atoms with E-state index in [-0.39, 0.29) is 17.2 Å². The fourth-order valence-corrected chi connectivity index (χ4v) is 2.32. The van der Waals surface area contributed by atoms with Crippen LogP contribution in [0.1, 0.15) is 37.4 Å². The molecule has 0 aliphatic carbocycles. The molecular weight excluding hydrogens is 282 g/mol. The first-order valence-electron chi connectivity index (χ1n) is 6.74. The highest BCUT2D eigenvalue weighted by molar-refractivity contribution is 6.05. The lowest BCUT2D eigenvalue weighted by molar-refractivity contribution is 0.0693. The van der Waals surface area contributed by atoms with Crippen molar-refractivity contribution in [2.45, 2.75) is 20.8 Å². The van der Waals surface area contributed by atoms with E-state index in [2.05, 4.69) is 5.32 Å². The van der Waals surface area contributed by atoms with Crippen molar-refractivity contribution in [2.24, 2.45) is 0 Å². The number of carboxylic acid groups (broad SMARTS) is 1. The zero-order chi connectivity index (χ0) is 16.4. The Morgan fingerprint density at radius 3 is 2.09 bits per heavy atom. The van der Waals surface area contributed by atoms with Crippen LogP contribution in [0.2, 0.25) is 0 Å². The van der Waals surface area contributed by atoms with Crippen molar-refractivity contribution in [2.75, 3.05) is 5.32 Å². The Morgan fingerprint density at radius 1 is 0.955 bits per heavy atom. The van der Waals surface area contributed by atoms with E-state index < -0.39 is 5.97 Å². The predicted molar refractivity (Wildman–Crippen MR) is 83.7 cm³/mol. The molecule has 0 spiro atoms. The normalized spacial score (nSPS) is 10.3. The molecule has 1 amide bonds. The van der Waals surface area contributed by atoms with Crippen LogP contribution in [-0.4, -0.2) is 22.1 Å². The minimum atomic E-state index is -1.25. The first-order valence-corrected chi connectivity index (χ1v) is 6.74. The molecule has 114 valence electrons. The monoisotopic (exact) mass is 299 g/mol. The summed E-state index contributed by atoms with van der Waals surface area (Å²) < 4.78 is 0. The number of rotatable bonds is 3. The van der Waals surface area contributed by atoms with Gasteiger partial charge in [-0.15, -0.1) is 0 Å². The second-order valence-electron chi connectivity index (χ2n) is 5.32. The zero-order valence-corrected chi connectivity index (χ0v) is 12.6. The number of phenols is 1. The Kier molecular flexibility index (Phi) is 4.17. The third kappa shape index (κ3) is 3.25. The van der Waals surface area contributed by atoms with Gasteiger partial charge in [0.05, 0.1) is 0 Å². The lowest BCUT2D eigenvalue weighted by atomic mass is 10.1. The topological polar surface area (TPSA) is 86.6 Å². The van der Waals surface area contributed by atoms with Gasteiger partial charge in [-0.2, -0.15) is 0 Å². The molecule has 0 saturated heterocycles. The predicted octanol–water partition coefficient (Wildman–Crippen LogP) is 3.27. The highest BCUT2D eigenvalue weighted by atomic mass is 16.4. The van der Waals surface area contributed by atoms with Crippen LogP contribution in [0, 0.1) is 20.8 Å². The number of aromatic carboxylic acids is 1. The van der Waals surface area contributed by atoms with Gasteiger partial charge in [0.25, 0.3) is 5.91 Å². The van der Waals surface area contributed by atoms with E-state index in [0.717, 1.165) is 11.1 Å². The number of nitrogens with one attached hydrogen (secondary N) is 1. The minimum absolute atomic E-state index is 0.240. The van der Waals surface area contributed by atoms with Crippen LogP contribution in [0.15, 0.2) is 30.3 Å². The molecule has 0 aliphatic heterocycles. The SMILES string of the molecule is Cc1cc(C)cc(C(=O)Nc2cc(C)c(O)c(C(=O)O)c2)c1. The minimum Gasteiger partial charge on any atom is -0.507 e. The largest absolute Gasteiger partial charge is 0.507 e. The average molecular weight is 299 g/mol. The number of carbonyl (C=O) groups excluding carboxylic acids is 1. The molecule has 5 heteroatoms. The van der Waals surface area contributed by atoms with Crippen molar-refractivity contribution < 1.29 is 19.8 Å². The maximum atomic E-state index is 12.3. The van der Waals surface area contributed by atoms with Gasteiger partial charge in [-0.1, -0.05) is 17.2 Å². The number of carboxylic acids is 1. The van der Waals surface area contributed by atoms with E-state index in [4.69, 9.17) is 5.11 Å². The summed E-state index contributed by atoms with van der Waals surface area (Å²) >= 11 is 0. The maximum Gasteiger partial charge on any atom is 0.339 e. The van der Waals surface area contributed by atoms with Crippen LogP contribution in [0.3, 0.4) is 0 Å². The average Bonchev–Trinajstić information content (AvgIpc) is 2.41. The summed E-state index contributed by atoms with van der Waals surface area (Å²) in [4.78, 5) is 23.4. The molecule has 2 rings (SSSR count). The number of benzene rings is 2. The highest BCUT2D eigenvalue weighted by Gasteiger charge is 2.15. The van der Waals surface area contributed by atoms with Crippen LogP contribution in [0.4, 0.5) is 5.69 Å². The number of anilines is 1. The zero-order valence-electron chi connectivity index (χ0n) is 12.6. The van der Waals surface area contributed by atoms with Gasteiger partial charge in [0.2, 0.25) is 0 Å². The van der Waals surface area contributed by atoms with E-state index in [1.807, 2.05) is 19.9 Å². The van der Waals surface area contributed by atoms with Crippen molar-refractivity contribution in [3.05, 3.63) is 58.1 Å². The van der Waals surface area contributed by atoms with Crippen LogP contribution < -0.4 is 5.32 Å². The third-order valence-electron chi connectivity index (χ3n) is 3.27. The van der Waals surface area contributed by atoms with E-state index >= 15 is 0 Å². The second-order valence-corrected chi connectivity index (χ2v) is 5.32. The van der Waals surface area contributed by atoms with Gasteiger partial charge >= 0.3 is 5.97 Å². The molecular formula is C17H17NO4. The summed E-state index contributed by atoms with van der Waals surface area (Å²) in [6.45, 7) is 5.38. The Morgan fingerprint density at radius 2 is 1.55 bits per heavy atom. The summed E-state index contributed by atoms with van der Waals surface area (Å²) in [5.41, 5.74) is 2.92. The summed E-state index contributed by atoms with van der Waals surface area (Å²) in [6, 6.07) is 8.25. The number of amides is 1. The molecule has 0 radical (unpaired) electrons.